The molecule has 1 N–H and O–H groups in total. The van der Waals surface area contributed by atoms with Crippen molar-refractivity contribution in [3.05, 3.63) is 5.82 Å². The van der Waals surface area contributed by atoms with Crippen LogP contribution >= 0.6 is 0 Å². The number of hydrogen-bond acceptors (Lipinski definition) is 5. The predicted octanol–water partition coefficient (Wildman–Crippen LogP) is -1.43. The smallest absolute Gasteiger partial charge is 0.327 e. The summed E-state index contributed by atoms with van der Waals surface area (Å²) in [5.41, 5.74) is 0. The molecule has 0 aliphatic carbocycles. The highest BCUT2D eigenvalue weighted by Gasteiger charge is 2.03. The molecule has 7 nitrogen and oxygen atoms in total. The first kappa shape index (κ1) is 7.32. The van der Waals surface area contributed by atoms with E-state index < -0.39 is 5.97 Å². The van der Waals surface area contributed by atoms with Crippen molar-refractivity contribution in [3.63, 3.8) is 0 Å². The van der Waals surface area contributed by atoms with E-state index in [-0.39, 0.29) is 12.4 Å². The number of carbonyl (C=O) groups is 2. The molecule has 0 fully saturated rings. The van der Waals surface area contributed by atoms with Gasteiger partial charge in [0.05, 0.1) is 0 Å². The van der Waals surface area contributed by atoms with E-state index in [1.807, 2.05) is 0 Å². The van der Waals surface area contributed by atoms with Crippen LogP contribution in [0, 0.1) is 0 Å². The second kappa shape index (κ2) is 2.86. The van der Waals surface area contributed by atoms with E-state index >= 15 is 0 Å². The number of aliphatic carboxylic acids is 1. The molecule has 11 heavy (non-hydrogen) atoms. The lowest BCUT2D eigenvalue weighted by Gasteiger charge is -1.87. The third kappa shape index (κ3) is 1.81. The Morgan fingerprint density at radius 2 is 2.45 bits per heavy atom. The lowest BCUT2D eigenvalue weighted by molar-refractivity contribution is -0.138. The number of tetrazole rings is 1. The second-order valence-corrected chi connectivity index (χ2v) is 1.69. The molecule has 7 heteroatoms. The van der Waals surface area contributed by atoms with E-state index in [9.17, 15) is 9.59 Å². The Kier molecular flexibility index (Phi) is 1.90. The van der Waals surface area contributed by atoms with Crippen molar-refractivity contribution in [2.24, 2.45) is 0 Å². The van der Waals surface area contributed by atoms with Gasteiger partial charge in [-0.05, 0) is 5.21 Å². The molecular weight excluding hydrogens is 152 g/mol. The molecule has 1 rings (SSSR count). The van der Waals surface area contributed by atoms with Crippen LogP contribution in [0.25, 0.3) is 0 Å². The normalized spacial score (nSPS) is 9.45. The molecule has 0 aliphatic rings. The van der Waals surface area contributed by atoms with Crippen LogP contribution in [0.2, 0.25) is 0 Å². The van der Waals surface area contributed by atoms with E-state index in [1.165, 1.54) is 0 Å². The zero-order valence-corrected chi connectivity index (χ0v) is 5.34. The summed E-state index contributed by atoms with van der Waals surface area (Å²) in [5, 5.41) is 18.2. The van der Waals surface area contributed by atoms with Gasteiger partial charge in [0.1, 0.15) is 0 Å². The maximum absolute atomic E-state index is 10.0. The fraction of sp³-hybridized carbons (Fsp3) is 0.250. The molecule has 58 valence electrons. The van der Waals surface area contributed by atoms with Gasteiger partial charge >= 0.3 is 5.97 Å². The summed E-state index contributed by atoms with van der Waals surface area (Å²) in [5.74, 6) is -1.20. The standard InChI is InChI=1S/C4H4N4O3/c9-2-3-5-7-8(6-3)1-4(10)11/h2H,1H2,(H,10,11). The van der Waals surface area contributed by atoms with Gasteiger partial charge in [0.25, 0.3) is 0 Å². The van der Waals surface area contributed by atoms with Crippen molar-refractivity contribution in [1.82, 2.24) is 20.2 Å². The average Bonchev–Trinajstić information content (AvgIpc) is 2.34. The number of aldehydes is 1. The van der Waals surface area contributed by atoms with Gasteiger partial charge in [-0.1, -0.05) is 0 Å². The maximum Gasteiger partial charge on any atom is 0.327 e. The van der Waals surface area contributed by atoms with Crippen LogP contribution in [0.4, 0.5) is 0 Å². The molecule has 0 bridgehead atoms. The minimum Gasteiger partial charge on any atom is -0.480 e. The summed E-state index contributed by atoms with van der Waals surface area (Å²) in [6, 6.07) is 0. The van der Waals surface area contributed by atoms with Crippen molar-refractivity contribution < 1.29 is 14.7 Å². The highest BCUT2D eigenvalue weighted by Crippen LogP contribution is 1.80. The third-order valence-electron chi connectivity index (χ3n) is 0.850. The second-order valence-electron chi connectivity index (χ2n) is 1.69. The Balaban J connectivity index is 2.72. The zero-order valence-electron chi connectivity index (χ0n) is 5.34. The highest BCUT2D eigenvalue weighted by molar-refractivity contribution is 5.68. The first-order chi connectivity index (χ1) is 5.22. The summed E-state index contributed by atoms with van der Waals surface area (Å²) >= 11 is 0. The molecule has 0 aliphatic heterocycles. The van der Waals surface area contributed by atoms with Crippen LogP contribution in [0.3, 0.4) is 0 Å². The van der Waals surface area contributed by atoms with Crippen molar-refractivity contribution in [3.8, 4) is 0 Å². The first-order valence-electron chi connectivity index (χ1n) is 2.67. The molecule has 0 amide bonds. The number of carboxylic acid groups (broad SMARTS) is 1. The van der Waals surface area contributed by atoms with Gasteiger partial charge in [-0.25, -0.2) is 0 Å². The lowest BCUT2D eigenvalue weighted by Crippen LogP contribution is -2.11. The lowest BCUT2D eigenvalue weighted by atomic mass is 10.7. The average molecular weight is 156 g/mol. The Hall–Kier alpha value is -1.79. The summed E-state index contributed by atoms with van der Waals surface area (Å²) in [6.45, 7) is -0.388. The van der Waals surface area contributed by atoms with E-state index in [1.54, 1.807) is 0 Å². The predicted molar refractivity (Wildman–Crippen MR) is 30.8 cm³/mol. The van der Waals surface area contributed by atoms with E-state index in [2.05, 4.69) is 15.4 Å². The Morgan fingerprint density at radius 1 is 1.73 bits per heavy atom. The number of hydrogen-bond donors (Lipinski definition) is 1. The Bertz CT molecular complexity index is 281. The Morgan fingerprint density at radius 3 is 2.91 bits per heavy atom. The van der Waals surface area contributed by atoms with Crippen molar-refractivity contribution in [1.29, 1.82) is 0 Å². The minimum atomic E-state index is -1.08. The molecule has 0 saturated carbocycles. The van der Waals surface area contributed by atoms with Gasteiger partial charge in [0, 0.05) is 0 Å². The number of carboxylic acids is 1. The van der Waals surface area contributed by atoms with Gasteiger partial charge < -0.3 is 5.11 Å². The molecule has 0 unspecified atom stereocenters. The third-order valence-corrected chi connectivity index (χ3v) is 0.850. The number of carbonyl (C=O) groups excluding carboxylic acids is 1. The monoisotopic (exact) mass is 156 g/mol. The van der Waals surface area contributed by atoms with Gasteiger partial charge in [0.2, 0.25) is 5.82 Å². The minimum absolute atomic E-state index is 0.119. The highest BCUT2D eigenvalue weighted by atomic mass is 16.4. The fourth-order valence-electron chi connectivity index (χ4n) is 0.491. The molecule has 0 radical (unpaired) electrons. The van der Waals surface area contributed by atoms with Crippen LogP contribution in [-0.4, -0.2) is 37.6 Å². The van der Waals surface area contributed by atoms with Gasteiger partial charge in [-0.15, -0.1) is 10.2 Å². The molecule has 0 aromatic carbocycles. The molecule has 0 atom stereocenters. The van der Waals surface area contributed by atoms with Crippen molar-refractivity contribution in [2.45, 2.75) is 6.54 Å². The summed E-state index contributed by atoms with van der Waals surface area (Å²) in [6.07, 6.45) is 0.394. The quantitative estimate of drug-likeness (QED) is 0.538. The van der Waals surface area contributed by atoms with Crippen LogP contribution < -0.4 is 0 Å². The molecular formula is C4H4N4O3. The van der Waals surface area contributed by atoms with Crippen molar-refractivity contribution >= 4 is 12.3 Å². The number of nitrogens with zero attached hydrogens (tertiary/aromatic N) is 4. The number of aromatic nitrogens is 4. The van der Waals surface area contributed by atoms with Crippen LogP contribution in [0.15, 0.2) is 0 Å². The first-order valence-corrected chi connectivity index (χ1v) is 2.67. The maximum atomic E-state index is 10.0. The zero-order chi connectivity index (χ0) is 8.27. The van der Waals surface area contributed by atoms with E-state index in [0.29, 0.717) is 6.29 Å². The van der Waals surface area contributed by atoms with Crippen molar-refractivity contribution in [2.75, 3.05) is 0 Å². The Labute approximate surface area is 60.6 Å². The van der Waals surface area contributed by atoms with Crippen LogP contribution in [-0.2, 0) is 11.3 Å². The molecule has 0 saturated heterocycles. The number of rotatable bonds is 3. The van der Waals surface area contributed by atoms with Gasteiger partial charge in [0.15, 0.2) is 12.8 Å². The fourth-order valence-corrected chi connectivity index (χ4v) is 0.491. The van der Waals surface area contributed by atoms with Gasteiger partial charge in [-0.3, -0.25) is 9.59 Å². The SMILES string of the molecule is O=Cc1nnn(CC(=O)O)n1. The molecule has 0 spiro atoms. The van der Waals surface area contributed by atoms with Crippen LogP contribution in [0.1, 0.15) is 10.6 Å². The van der Waals surface area contributed by atoms with Gasteiger partial charge in [-0.2, -0.15) is 4.80 Å². The summed E-state index contributed by atoms with van der Waals surface area (Å²) < 4.78 is 0. The molecule has 1 aromatic rings. The summed E-state index contributed by atoms with van der Waals surface area (Å²) in [4.78, 5) is 20.9. The summed E-state index contributed by atoms with van der Waals surface area (Å²) in [7, 11) is 0. The van der Waals surface area contributed by atoms with E-state index in [0.717, 1.165) is 4.80 Å². The molecule has 1 heterocycles. The van der Waals surface area contributed by atoms with E-state index in [4.69, 9.17) is 5.11 Å². The topological polar surface area (TPSA) is 98.0 Å². The molecule has 1 aromatic heterocycles. The van der Waals surface area contributed by atoms with Crippen LogP contribution in [0.5, 0.6) is 0 Å². The largest absolute Gasteiger partial charge is 0.480 e.